The van der Waals surface area contributed by atoms with Gasteiger partial charge in [0.1, 0.15) is 5.82 Å². The van der Waals surface area contributed by atoms with Gasteiger partial charge in [-0.1, -0.05) is 93.9 Å². The van der Waals surface area contributed by atoms with Crippen LogP contribution in [0.4, 0.5) is 0 Å². The Labute approximate surface area is 207 Å². The van der Waals surface area contributed by atoms with Crippen LogP contribution in [0.5, 0.6) is 0 Å². The lowest BCUT2D eigenvalue weighted by Crippen LogP contribution is -2.09. The van der Waals surface area contributed by atoms with Gasteiger partial charge in [0.25, 0.3) is 0 Å². The zero-order valence-corrected chi connectivity index (χ0v) is 20.2. The van der Waals surface area contributed by atoms with E-state index in [9.17, 15) is 0 Å². The molecule has 0 saturated carbocycles. The number of hydrogen-bond acceptors (Lipinski definition) is 1. The number of rotatable bonds is 5. The van der Waals surface area contributed by atoms with Crippen LogP contribution in [0, 0.1) is 6.85 Å². The minimum atomic E-state index is -2.18. The van der Waals surface area contributed by atoms with Gasteiger partial charge in [-0.25, -0.2) is 4.98 Å². The number of aryl methyl sites for hydroxylation is 1. The third-order valence-electron chi connectivity index (χ3n) is 6.43. The number of fused-ring (bicyclic) bond motifs is 1. The summed E-state index contributed by atoms with van der Waals surface area (Å²) in [5, 5.41) is 0. The highest BCUT2D eigenvalue weighted by atomic mass is 15.1. The van der Waals surface area contributed by atoms with Crippen molar-refractivity contribution < 1.29 is 4.11 Å². The molecule has 0 aliphatic heterocycles. The summed E-state index contributed by atoms with van der Waals surface area (Å²) in [7, 11) is 0. The first kappa shape index (κ1) is 18.7. The second-order valence-electron chi connectivity index (χ2n) is 9.52. The van der Waals surface area contributed by atoms with Gasteiger partial charge in [-0.05, 0) is 71.3 Å². The fraction of sp³-hybridized carbons (Fsp3) is 0.219. The van der Waals surface area contributed by atoms with Crippen LogP contribution in [0.1, 0.15) is 60.3 Å². The van der Waals surface area contributed by atoms with E-state index in [0.717, 1.165) is 28.1 Å². The van der Waals surface area contributed by atoms with Crippen molar-refractivity contribution >= 4 is 11.0 Å². The van der Waals surface area contributed by atoms with Crippen molar-refractivity contribution in [1.29, 1.82) is 0 Å². The largest absolute Gasteiger partial charge is 0.292 e. The quantitative estimate of drug-likeness (QED) is 0.263. The summed E-state index contributed by atoms with van der Waals surface area (Å²) in [4.78, 5) is 5.04. The Morgan fingerprint density at radius 3 is 2.00 bits per heavy atom. The second kappa shape index (κ2) is 8.95. The summed E-state index contributed by atoms with van der Waals surface area (Å²) in [6, 6.07) is 30.4. The summed E-state index contributed by atoms with van der Waals surface area (Å²) in [6.07, 6.45) is 0. The molecule has 0 N–H and O–H groups in total. The van der Waals surface area contributed by atoms with Gasteiger partial charge >= 0.3 is 0 Å². The lowest BCUT2D eigenvalue weighted by molar-refractivity contribution is 0.811. The van der Waals surface area contributed by atoms with Crippen LogP contribution < -0.4 is 0 Å². The second-order valence-corrected chi connectivity index (χ2v) is 9.52. The summed E-state index contributed by atoms with van der Waals surface area (Å²) >= 11 is 0. The van der Waals surface area contributed by atoms with Crippen molar-refractivity contribution in [3.05, 3.63) is 108 Å². The highest BCUT2D eigenvalue weighted by Gasteiger charge is 2.23. The number of hydrogen-bond donors (Lipinski definition) is 0. The van der Waals surface area contributed by atoms with Gasteiger partial charge in [-0.3, -0.25) is 4.57 Å². The van der Waals surface area contributed by atoms with Crippen LogP contribution >= 0.6 is 0 Å². The molecule has 0 amide bonds. The molecule has 0 saturated heterocycles. The standard InChI is InChI=1S/C32H32N2/c1-21(2)27-19-26(24-13-7-6-8-14-24)20-28(22(3)4)31(27)34-30-17-10-9-16-29(30)33-32(34)25-15-11-12-23(5)18-25/h6-22H,1-5H3/i5D3. The van der Waals surface area contributed by atoms with Crippen molar-refractivity contribution in [3.63, 3.8) is 0 Å². The molecule has 5 rings (SSSR count). The summed E-state index contributed by atoms with van der Waals surface area (Å²) in [6.45, 7) is 6.73. The van der Waals surface area contributed by atoms with E-state index in [4.69, 9.17) is 9.10 Å². The Balaban J connectivity index is 1.87. The van der Waals surface area contributed by atoms with E-state index in [0.29, 0.717) is 5.56 Å². The molecule has 1 heterocycles. The van der Waals surface area contributed by atoms with Gasteiger partial charge in [0.2, 0.25) is 0 Å². The van der Waals surface area contributed by atoms with Crippen molar-refractivity contribution in [2.75, 3.05) is 0 Å². The fourth-order valence-corrected chi connectivity index (χ4v) is 4.72. The number of aromatic nitrogens is 2. The number of para-hydroxylation sites is 2. The Morgan fingerprint density at radius 2 is 1.32 bits per heavy atom. The Hall–Kier alpha value is -3.65. The summed E-state index contributed by atoms with van der Waals surface area (Å²) in [5.41, 5.74) is 9.00. The average Bonchev–Trinajstić information content (AvgIpc) is 3.27. The minimum absolute atomic E-state index is 0.263. The number of benzene rings is 4. The van der Waals surface area contributed by atoms with Gasteiger partial charge < -0.3 is 0 Å². The average molecular weight is 448 g/mol. The highest BCUT2D eigenvalue weighted by molar-refractivity contribution is 5.85. The van der Waals surface area contributed by atoms with Crippen molar-refractivity contribution in [3.8, 4) is 28.2 Å². The van der Waals surface area contributed by atoms with E-state index in [1.807, 2.05) is 36.4 Å². The summed E-state index contributed by atoms with van der Waals surface area (Å²) in [5.74, 6) is 1.28. The van der Waals surface area contributed by atoms with Crippen LogP contribution in [-0.4, -0.2) is 9.55 Å². The molecule has 0 spiro atoms. The lowest BCUT2D eigenvalue weighted by atomic mass is 9.88. The van der Waals surface area contributed by atoms with Crippen LogP contribution in [0.15, 0.2) is 91.0 Å². The molecule has 0 radical (unpaired) electrons. The van der Waals surface area contributed by atoms with Crippen LogP contribution in [0.25, 0.3) is 39.2 Å². The SMILES string of the molecule is [2H]C([2H])([2H])c1cccc(-c2nc3ccccc3n2-c2c(C(C)C)cc(-c3ccccc3)cc2C(C)C)c1. The molecule has 170 valence electrons. The summed E-state index contributed by atoms with van der Waals surface area (Å²) < 4.78 is 26.1. The third-order valence-corrected chi connectivity index (χ3v) is 6.43. The molecule has 5 aromatic rings. The first-order valence-corrected chi connectivity index (χ1v) is 12.0. The predicted octanol–water partition coefficient (Wildman–Crippen LogP) is 8.91. The van der Waals surface area contributed by atoms with Crippen molar-refractivity contribution in [1.82, 2.24) is 9.55 Å². The molecular formula is C32H32N2. The predicted molar refractivity (Wildman–Crippen MR) is 145 cm³/mol. The van der Waals surface area contributed by atoms with Crippen LogP contribution in [0.2, 0.25) is 0 Å². The monoisotopic (exact) mass is 447 g/mol. The smallest absolute Gasteiger partial charge is 0.145 e. The molecule has 4 aromatic carbocycles. The molecule has 0 fully saturated rings. The topological polar surface area (TPSA) is 17.8 Å². The molecule has 0 atom stereocenters. The van der Waals surface area contributed by atoms with E-state index >= 15 is 0 Å². The number of nitrogens with zero attached hydrogens (tertiary/aromatic N) is 2. The van der Waals surface area contributed by atoms with Gasteiger partial charge in [0.15, 0.2) is 0 Å². The molecule has 0 bridgehead atoms. The fourth-order valence-electron chi connectivity index (χ4n) is 4.72. The Bertz CT molecular complexity index is 1530. The zero-order valence-electron chi connectivity index (χ0n) is 23.2. The molecule has 2 nitrogen and oxygen atoms in total. The Morgan fingerprint density at radius 1 is 0.676 bits per heavy atom. The van der Waals surface area contributed by atoms with Crippen LogP contribution in [-0.2, 0) is 0 Å². The van der Waals surface area contributed by atoms with E-state index in [-0.39, 0.29) is 11.8 Å². The van der Waals surface area contributed by atoms with E-state index in [1.54, 1.807) is 12.1 Å². The highest BCUT2D eigenvalue weighted by Crippen LogP contribution is 2.40. The van der Waals surface area contributed by atoms with E-state index in [1.165, 1.54) is 22.3 Å². The van der Waals surface area contributed by atoms with Gasteiger partial charge in [0, 0.05) is 9.68 Å². The molecular weight excluding hydrogens is 412 g/mol. The maximum absolute atomic E-state index is 7.95. The molecule has 2 heteroatoms. The minimum Gasteiger partial charge on any atom is -0.292 e. The van der Waals surface area contributed by atoms with E-state index < -0.39 is 6.85 Å². The normalized spacial score (nSPS) is 13.3. The van der Waals surface area contributed by atoms with Crippen LogP contribution in [0.3, 0.4) is 0 Å². The number of imidazole rings is 1. The lowest BCUT2D eigenvalue weighted by Gasteiger charge is -2.24. The van der Waals surface area contributed by atoms with Gasteiger partial charge in [-0.2, -0.15) is 0 Å². The maximum Gasteiger partial charge on any atom is 0.145 e. The molecule has 34 heavy (non-hydrogen) atoms. The maximum atomic E-state index is 7.95. The Kier molecular flexibility index (Phi) is 4.93. The van der Waals surface area contributed by atoms with Crippen molar-refractivity contribution in [2.24, 2.45) is 0 Å². The zero-order chi connectivity index (χ0) is 26.3. The van der Waals surface area contributed by atoms with E-state index in [2.05, 4.69) is 74.7 Å². The van der Waals surface area contributed by atoms with Gasteiger partial charge in [-0.15, -0.1) is 0 Å². The molecule has 0 aliphatic rings. The van der Waals surface area contributed by atoms with Crippen molar-refractivity contribution in [2.45, 2.75) is 46.4 Å². The molecule has 0 unspecified atom stereocenters. The first-order chi connectivity index (χ1) is 17.6. The molecule has 0 aliphatic carbocycles. The molecule has 1 aromatic heterocycles. The first-order valence-electron chi connectivity index (χ1n) is 13.5. The van der Waals surface area contributed by atoms with Gasteiger partial charge in [0.05, 0.1) is 16.7 Å². The third kappa shape index (κ3) is 3.94.